The van der Waals surface area contributed by atoms with Crippen molar-refractivity contribution in [1.29, 1.82) is 0 Å². The molecule has 3 nitrogen and oxygen atoms in total. The van der Waals surface area contributed by atoms with Gasteiger partial charge in [-0.2, -0.15) is 0 Å². The summed E-state index contributed by atoms with van der Waals surface area (Å²) in [6, 6.07) is 0. The summed E-state index contributed by atoms with van der Waals surface area (Å²) in [5.41, 5.74) is 0.228. The summed E-state index contributed by atoms with van der Waals surface area (Å²) in [5, 5.41) is 6.36. The summed E-state index contributed by atoms with van der Waals surface area (Å²) >= 11 is 0. The van der Waals surface area contributed by atoms with Crippen LogP contribution in [0.4, 0.5) is 0 Å². The van der Waals surface area contributed by atoms with E-state index in [4.69, 9.17) is 0 Å². The molecule has 1 aliphatic carbocycles. The average Bonchev–Trinajstić information content (AvgIpc) is 2.11. The molecule has 2 rings (SSSR count). The van der Waals surface area contributed by atoms with Crippen LogP contribution in [0.2, 0.25) is 0 Å². The van der Waals surface area contributed by atoms with Crippen molar-refractivity contribution in [3.63, 3.8) is 0 Å². The van der Waals surface area contributed by atoms with Crippen LogP contribution < -0.4 is 10.6 Å². The van der Waals surface area contributed by atoms with Gasteiger partial charge in [0.2, 0.25) is 5.91 Å². The summed E-state index contributed by atoms with van der Waals surface area (Å²) in [7, 11) is 0. The SMILES string of the molecule is CC1CCCC2(CNC(=O)CN2)C1. The third-order valence-corrected chi connectivity index (χ3v) is 3.34. The second kappa shape index (κ2) is 3.29. The Morgan fingerprint density at radius 1 is 1.54 bits per heavy atom. The Labute approximate surface area is 79.3 Å². The highest BCUT2D eigenvalue weighted by Crippen LogP contribution is 2.32. The van der Waals surface area contributed by atoms with Crippen molar-refractivity contribution < 1.29 is 4.79 Å². The normalized spacial score (nSPS) is 40.4. The van der Waals surface area contributed by atoms with Gasteiger partial charge in [-0.15, -0.1) is 0 Å². The molecule has 74 valence electrons. The number of carbonyl (C=O) groups excluding carboxylic acids is 1. The van der Waals surface area contributed by atoms with Crippen LogP contribution in [0.25, 0.3) is 0 Å². The fourth-order valence-corrected chi connectivity index (χ4v) is 2.64. The fourth-order valence-electron chi connectivity index (χ4n) is 2.64. The van der Waals surface area contributed by atoms with E-state index in [0.717, 1.165) is 12.5 Å². The van der Waals surface area contributed by atoms with Crippen molar-refractivity contribution in [1.82, 2.24) is 10.6 Å². The first-order chi connectivity index (χ1) is 6.20. The van der Waals surface area contributed by atoms with Crippen LogP contribution in [-0.4, -0.2) is 24.5 Å². The number of rotatable bonds is 0. The molecule has 1 heterocycles. The molecule has 2 atom stereocenters. The summed E-state index contributed by atoms with van der Waals surface area (Å²) in [6.07, 6.45) is 5.08. The molecule has 0 aromatic carbocycles. The number of hydrogen-bond donors (Lipinski definition) is 2. The van der Waals surface area contributed by atoms with Gasteiger partial charge in [-0.1, -0.05) is 19.8 Å². The van der Waals surface area contributed by atoms with E-state index in [2.05, 4.69) is 17.6 Å². The molecule has 1 amide bonds. The topological polar surface area (TPSA) is 41.1 Å². The lowest BCUT2D eigenvalue weighted by Crippen LogP contribution is -2.62. The van der Waals surface area contributed by atoms with Gasteiger partial charge in [-0.25, -0.2) is 0 Å². The maximum absolute atomic E-state index is 11.0. The molecule has 2 unspecified atom stereocenters. The number of carbonyl (C=O) groups is 1. The smallest absolute Gasteiger partial charge is 0.234 e. The van der Waals surface area contributed by atoms with Crippen molar-refractivity contribution >= 4 is 5.91 Å². The van der Waals surface area contributed by atoms with Crippen LogP contribution in [0, 0.1) is 5.92 Å². The molecule has 0 aromatic rings. The first kappa shape index (κ1) is 9.00. The van der Waals surface area contributed by atoms with Gasteiger partial charge in [0.1, 0.15) is 0 Å². The minimum atomic E-state index is 0.142. The molecule has 0 bridgehead atoms. The zero-order valence-corrected chi connectivity index (χ0v) is 8.23. The molecule has 0 radical (unpaired) electrons. The van der Waals surface area contributed by atoms with Crippen molar-refractivity contribution in [2.45, 2.75) is 38.1 Å². The Morgan fingerprint density at radius 2 is 2.38 bits per heavy atom. The fraction of sp³-hybridized carbons (Fsp3) is 0.900. The molecule has 2 fully saturated rings. The van der Waals surface area contributed by atoms with Gasteiger partial charge in [0, 0.05) is 12.1 Å². The highest BCUT2D eigenvalue weighted by molar-refractivity contribution is 5.79. The largest absolute Gasteiger partial charge is 0.353 e. The standard InChI is InChI=1S/C10H18N2O/c1-8-3-2-4-10(5-8)7-11-9(13)6-12-10/h8,12H,2-7H2,1H3,(H,11,13). The van der Waals surface area contributed by atoms with Crippen molar-refractivity contribution in [3.05, 3.63) is 0 Å². The molecular formula is C10H18N2O. The van der Waals surface area contributed by atoms with Gasteiger partial charge in [-0.3, -0.25) is 4.79 Å². The van der Waals surface area contributed by atoms with E-state index >= 15 is 0 Å². The Bertz CT molecular complexity index is 205. The van der Waals surface area contributed by atoms with E-state index in [1.54, 1.807) is 0 Å². The summed E-state index contributed by atoms with van der Waals surface area (Å²) in [4.78, 5) is 11.0. The molecule has 3 heteroatoms. The summed E-state index contributed by atoms with van der Waals surface area (Å²) in [5.74, 6) is 0.945. The highest BCUT2D eigenvalue weighted by atomic mass is 16.2. The lowest BCUT2D eigenvalue weighted by atomic mass is 9.75. The Morgan fingerprint density at radius 3 is 3.00 bits per heavy atom. The predicted octanol–water partition coefficient (Wildman–Crippen LogP) is 0.655. The van der Waals surface area contributed by atoms with Gasteiger partial charge >= 0.3 is 0 Å². The maximum atomic E-state index is 11.0. The second-order valence-corrected chi connectivity index (χ2v) is 4.61. The van der Waals surface area contributed by atoms with Crippen LogP contribution in [0.15, 0.2) is 0 Å². The molecule has 1 aliphatic heterocycles. The van der Waals surface area contributed by atoms with Crippen LogP contribution >= 0.6 is 0 Å². The highest BCUT2D eigenvalue weighted by Gasteiger charge is 2.37. The van der Waals surface area contributed by atoms with Crippen LogP contribution in [-0.2, 0) is 4.79 Å². The zero-order valence-electron chi connectivity index (χ0n) is 8.23. The van der Waals surface area contributed by atoms with E-state index < -0.39 is 0 Å². The van der Waals surface area contributed by atoms with E-state index in [9.17, 15) is 4.79 Å². The monoisotopic (exact) mass is 182 g/mol. The summed E-state index contributed by atoms with van der Waals surface area (Å²) < 4.78 is 0. The Balaban J connectivity index is 1.99. The van der Waals surface area contributed by atoms with Crippen molar-refractivity contribution in [3.8, 4) is 0 Å². The first-order valence-electron chi connectivity index (χ1n) is 5.22. The molecule has 0 aromatic heterocycles. The van der Waals surface area contributed by atoms with Gasteiger partial charge in [-0.05, 0) is 18.8 Å². The van der Waals surface area contributed by atoms with E-state index in [-0.39, 0.29) is 11.4 Å². The lowest BCUT2D eigenvalue weighted by molar-refractivity contribution is -0.123. The number of nitrogens with one attached hydrogen (secondary N) is 2. The third-order valence-electron chi connectivity index (χ3n) is 3.34. The van der Waals surface area contributed by atoms with E-state index in [1.165, 1.54) is 25.7 Å². The van der Waals surface area contributed by atoms with E-state index in [0.29, 0.717) is 6.54 Å². The molecule has 1 saturated carbocycles. The quantitative estimate of drug-likeness (QED) is 0.577. The molecule has 1 spiro atoms. The molecular weight excluding hydrogens is 164 g/mol. The number of hydrogen-bond acceptors (Lipinski definition) is 2. The van der Waals surface area contributed by atoms with Gasteiger partial charge in [0.05, 0.1) is 6.54 Å². The third kappa shape index (κ3) is 1.85. The van der Waals surface area contributed by atoms with Gasteiger partial charge in [0.25, 0.3) is 0 Å². The molecule has 1 saturated heterocycles. The summed E-state index contributed by atoms with van der Waals surface area (Å²) in [6.45, 7) is 3.64. The van der Waals surface area contributed by atoms with Gasteiger partial charge < -0.3 is 10.6 Å². The minimum absolute atomic E-state index is 0.142. The second-order valence-electron chi connectivity index (χ2n) is 4.61. The molecule has 13 heavy (non-hydrogen) atoms. The Kier molecular flexibility index (Phi) is 2.28. The lowest BCUT2D eigenvalue weighted by Gasteiger charge is -2.43. The maximum Gasteiger partial charge on any atom is 0.234 e. The average molecular weight is 182 g/mol. The zero-order chi connectivity index (χ0) is 9.31. The van der Waals surface area contributed by atoms with Crippen LogP contribution in [0.1, 0.15) is 32.6 Å². The minimum Gasteiger partial charge on any atom is -0.353 e. The van der Waals surface area contributed by atoms with Gasteiger partial charge in [0.15, 0.2) is 0 Å². The van der Waals surface area contributed by atoms with Crippen molar-refractivity contribution in [2.75, 3.05) is 13.1 Å². The van der Waals surface area contributed by atoms with Crippen LogP contribution in [0.5, 0.6) is 0 Å². The van der Waals surface area contributed by atoms with Crippen molar-refractivity contribution in [2.24, 2.45) is 5.92 Å². The predicted molar refractivity (Wildman–Crippen MR) is 51.4 cm³/mol. The van der Waals surface area contributed by atoms with Crippen LogP contribution in [0.3, 0.4) is 0 Å². The number of piperazine rings is 1. The Hall–Kier alpha value is -0.570. The first-order valence-corrected chi connectivity index (χ1v) is 5.22. The number of amides is 1. The molecule has 2 aliphatic rings. The van der Waals surface area contributed by atoms with E-state index in [1.807, 2.05) is 0 Å². The molecule has 2 N–H and O–H groups in total.